The molecule has 1 fully saturated rings. The molecule has 0 aromatic heterocycles. The van der Waals surface area contributed by atoms with Gasteiger partial charge in [-0.25, -0.2) is 4.99 Å². The number of methoxy groups -OCH3 is 1. The van der Waals surface area contributed by atoms with E-state index in [-0.39, 0.29) is 0 Å². The van der Waals surface area contributed by atoms with Gasteiger partial charge in [-0.3, -0.25) is 0 Å². The molecule has 1 aromatic carbocycles. The quantitative estimate of drug-likeness (QED) is 0.660. The summed E-state index contributed by atoms with van der Waals surface area (Å²) in [6.45, 7) is 0.545. The molecule has 0 saturated heterocycles. The Labute approximate surface area is 109 Å². The summed E-state index contributed by atoms with van der Waals surface area (Å²) in [5.41, 5.74) is 6.84. The first-order valence-electron chi connectivity index (χ1n) is 5.58. The summed E-state index contributed by atoms with van der Waals surface area (Å²) in [5, 5.41) is 3.15. The molecule has 92 valence electrons. The van der Waals surface area contributed by atoms with Crippen molar-refractivity contribution in [2.24, 2.45) is 10.7 Å². The number of ether oxygens (including phenoxy) is 1. The average molecular weight is 298 g/mol. The fourth-order valence-corrected chi connectivity index (χ4v) is 1.82. The van der Waals surface area contributed by atoms with Gasteiger partial charge in [-0.15, -0.1) is 0 Å². The first-order chi connectivity index (χ1) is 8.19. The van der Waals surface area contributed by atoms with Crippen LogP contribution in [0.5, 0.6) is 5.75 Å². The lowest BCUT2D eigenvalue weighted by molar-refractivity contribution is 0.414. The van der Waals surface area contributed by atoms with Crippen LogP contribution in [0.3, 0.4) is 0 Å². The largest absolute Gasteiger partial charge is 0.497 e. The monoisotopic (exact) mass is 297 g/mol. The van der Waals surface area contributed by atoms with Gasteiger partial charge in [-0.2, -0.15) is 0 Å². The number of guanidine groups is 1. The Hall–Kier alpha value is -1.23. The predicted octanol–water partition coefficient (Wildman–Crippen LogP) is 2.02. The fourth-order valence-electron chi connectivity index (χ4n) is 1.45. The van der Waals surface area contributed by atoms with Crippen molar-refractivity contribution < 1.29 is 4.74 Å². The molecule has 0 spiro atoms. The van der Waals surface area contributed by atoms with Crippen LogP contribution < -0.4 is 15.8 Å². The number of nitrogens with one attached hydrogen (secondary N) is 1. The zero-order valence-corrected chi connectivity index (χ0v) is 11.3. The molecule has 0 unspecified atom stereocenters. The summed E-state index contributed by atoms with van der Waals surface area (Å²) < 4.78 is 6.19. The number of nitrogens with two attached hydrogens (primary N) is 1. The summed E-state index contributed by atoms with van der Waals surface area (Å²) in [6.07, 6.45) is 2.39. The molecule has 1 aromatic rings. The van der Waals surface area contributed by atoms with Crippen molar-refractivity contribution in [1.29, 1.82) is 0 Å². The van der Waals surface area contributed by atoms with Crippen LogP contribution in [-0.4, -0.2) is 19.1 Å². The van der Waals surface area contributed by atoms with E-state index in [1.807, 2.05) is 18.2 Å². The van der Waals surface area contributed by atoms with Gasteiger partial charge in [0.1, 0.15) is 5.75 Å². The lowest BCUT2D eigenvalue weighted by Crippen LogP contribution is -2.33. The number of benzene rings is 1. The summed E-state index contributed by atoms with van der Waals surface area (Å²) in [4.78, 5) is 4.31. The average Bonchev–Trinajstić information content (AvgIpc) is 3.12. The van der Waals surface area contributed by atoms with Crippen molar-refractivity contribution in [3.63, 3.8) is 0 Å². The van der Waals surface area contributed by atoms with Gasteiger partial charge in [-0.1, -0.05) is 15.9 Å². The zero-order valence-electron chi connectivity index (χ0n) is 9.74. The van der Waals surface area contributed by atoms with Crippen LogP contribution in [-0.2, 0) is 6.54 Å². The number of hydrogen-bond acceptors (Lipinski definition) is 2. The molecule has 0 atom stereocenters. The van der Waals surface area contributed by atoms with Crippen molar-refractivity contribution in [3.05, 3.63) is 28.2 Å². The van der Waals surface area contributed by atoms with Crippen LogP contribution in [0.15, 0.2) is 27.7 Å². The Morgan fingerprint density at radius 2 is 2.35 bits per heavy atom. The van der Waals surface area contributed by atoms with Crippen LogP contribution in [0, 0.1) is 0 Å². The van der Waals surface area contributed by atoms with E-state index in [2.05, 4.69) is 26.2 Å². The summed E-state index contributed by atoms with van der Waals surface area (Å²) >= 11 is 3.49. The molecule has 1 aliphatic rings. The molecule has 5 heteroatoms. The molecule has 0 heterocycles. The van der Waals surface area contributed by atoms with E-state index >= 15 is 0 Å². The Morgan fingerprint density at radius 3 is 3.00 bits per heavy atom. The SMILES string of the molecule is COc1ccc(Br)c(CN=C(N)NC2CC2)c1. The van der Waals surface area contributed by atoms with E-state index in [9.17, 15) is 0 Å². The van der Waals surface area contributed by atoms with Gasteiger partial charge in [0.05, 0.1) is 13.7 Å². The maximum atomic E-state index is 5.78. The van der Waals surface area contributed by atoms with Gasteiger partial charge in [0.25, 0.3) is 0 Å². The highest BCUT2D eigenvalue weighted by molar-refractivity contribution is 9.10. The van der Waals surface area contributed by atoms with E-state index < -0.39 is 0 Å². The minimum Gasteiger partial charge on any atom is -0.497 e. The van der Waals surface area contributed by atoms with Crippen molar-refractivity contribution in [3.8, 4) is 5.75 Å². The normalized spacial score (nSPS) is 15.8. The highest BCUT2D eigenvalue weighted by Crippen LogP contribution is 2.23. The van der Waals surface area contributed by atoms with Crippen LogP contribution in [0.25, 0.3) is 0 Å². The van der Waals surface area contributed by atoms with Crippen LogP contribution in [0.4, 0.5) is 0 Å². The van der Waals surface area contributed by atoms with E-state index in [1.54, 1.807) is 7.11 Å². The van der Waals surface area contributed by atoms with E-state index in [0.29, 0.717) is 18.5 Å². The molecule has 1 aliphatic carbocycles. The molecule has 0 radical (unpaired) electrons. The molecule has 3 N–H and O–H groups in total. The number of aliphatic imine (C=N–C) groups is 1. The third-order valence-corrected chi connectivity index (χ3v) is 3.38. The molecule has 1 saturated carbocycles. The van der Waals surface area contributed by atoms with Gasteiger partial charge >= 0.3 is 0 Å². The maximum Gasteiger partial charge on any atom is 0.189 e. The summed E-state index contributed by atoms with van der Waals surface area (Å²) in [7, 11) is 1.65. The van der Waals surface area contributed by atoms with Crippen molar-refractivity contribution >= 4 is 21.9 Å². The molecule has 4 nitrogen and oxygen atoms in total. The van der Waals surface area contributed by atoms with Gasteiger partial charge in [-0.05, 0) is 36.6 Å². The lowest BCUT2D eigenvalue weighted by atomic mass is 10.2. The van der Waals surface area contributed by atoms with Crippen LogP contribution >= 0.6 is 15.9 Å². The number of hydrogen-bond donors (Lipinski definition) is 2. The van der Waals surface area contributed by atoms with Gasteiger partial charge in [0.2, 0.25) is 0 Å². The molecule has 0 bridgehead atoms. The second-order valence-electron chi connectivity index (χ2n) is 4.08. The molecular formula is C12H16BrN3O. The zero-order chi connectivity index (χ0) is 12.3. The van der Waals surface area contributed by atoms with Crippen molar-refractivity contribution in [2.45, 2.75) is 25.4 Å². The van der Waals surface area contributed by atoms with Gasteiger partial charge in [0.15, 0.2) is 5.96 Å². The third kappa shape index (κ3) is 3.63. The maximum absolute atomic E-state index is 5.78. The first kappa shape index (κ1) is 12.2. The summed E-state index contributed by atoms with van der Waals surface area (Å²) in [6, 6.07) is 6.35. The lowest BCUT2D eigenvalue weighted by Gasteiger charge is -2.06. The van der Waals surface area contributed by atoms with Gasteiger partial charge in [0, 0.05) is 10.5 Å². The predicted molar refractivity (Wildman–Crippen MR) is 72.2 cm³/mol. The highest BCUT2D eigenvalue weighted by atomic mass is 79.9. The minimum atomic E-state index is 0.516. The van der Waals surface area contributed by atoms with Crippen LogP contribution in [0.2, 0.25) is 0 Å². The van der Waals surface area contributed by atoms with Crippen molar-refractivity contribution in [1.82, 2.24) is 5.32 Å². The molecule has 2 rings (SSSR count). The third-order valence-electron chi connectivity index (χ3n) is 2.60. The van der Waals surface area contributed by atoms with E-state index in [0.717, 1.165) is 15.8 Å². The molecule has 0 aliphatic heterocycles. The molecule has 17 heavy (non-hydrogen) atoms. The van der Waals surface area contributed by atoms with Crippen molar-refractivity contribution in [2.75, 3.05) is 7.11 Å². The fraction of sp³-hybridized carbons (Fsp3) is 0.417. The number of rotatable bonds is 4. The van der Waals surface area contributed by atoms with E-state index in [4.69, 9.17) is 10.5 Å². The first-order valence-corrected chi connectivity index (χ1v) is 6.37. The van der Waals surface area contributed by atoms with Gasteiger partial charge < -0.3 is 15.8 Å². The standard InChI is InChI=1S/C12H16BrN3O/c1-17-10-4-5-11(13)8(6-10)7-15-12(14)16-9-2-3-9/h4-6,9H,2-3,7H2,1H3,(H3,14,15,16). The summed E-state index contributed by atoms with van der Waals surface area (Å²) in [5.74, 6) is 1.34. The van der Waals surface area contributed by atoms with Crippen LogP contribution in [0.1, 0.15) is 18.4 Å². The second kappa shape index (κ2) is 5.40. The Kier molecular flexibility index (Phi) is 3.89. The van der Waals surface area contributed by atoms with E-state index in [1.165, 1.54) is 12.8 Å². The minimum absolute atomic E-state index is 0.516. The Morgan fingerprint density at radius 1 is 1.59 bits per heavy atom. The topological polar surface area (TPSA) is 59.6 Å². The smallest absolute Gasteiger partial charge is 0.189 e. The molecular weight excluding hydrogens is 282 g/mol. The second-order valence-corrected chi connectivity index (χ2v) is 4.93. The Bertz CT molecular complexity index is 430. The highest BCUT2D eigenvalue weighted by Gasteiger charge is 2.21. The number of nitrogens with zero attached hydrogens (tertiary/aromatic N) is 1. The molecule has 0 amide bonds. The Balaban J connectivity index is 2.01. The number of halogens is 1.